The first-order chi connectivity index (χ1) is 8.16. The monoisotopic (exact) mass is 266 g/mol. The average Bonchev–Trinajstić information content (AvgIpc) is 2.29. The smallest absolute Gasteiger partial charge is 0.185 e. The number of carbonyl (C=O) groups is 1. The normalized spacial score (nSPS) is 12.6. The number of aliphatic hydroxyl groups excluding tert-OH is 1. The molecule has 0 aliphatic heterocycles. The van der Waals surface area contributed by atoms with Gasteiger partial charge in [0.1, 0.15) is 6.10 Å². The summed E-state index contributed by atoms with van der Waals surface area (Å²) in [5.41, 5.74) is 0. The Labute approximate surface area is 108 Å². The lowest BCUT2D eigenvalue weighted by Gasteiger charge is -2.11. The van der Waals surface area contributed by atoms with Crippen molar-refractivity contribution >= 4 is 17.7 Å². The lowest BCUT2D eigenvalue weighted by atomic mass is 10.2. The third kappa shape index (κ3) is 13.8. The van der Waals surface area contributed by atoms with Crippen molar-refractivity contribution in [2.75, 3.05) is 40.1 Å². The maximum absolute atomic E-state index is 10.5. The average molecular weight is 266 g/mol. The highest BCUT2D eigenvalue weighted by molar-refractivity contribution is 7.96. The van der Waals surface area contributed by atoms with Crippen molar-refractivity contribution in [3.63, 3.8) is 0 Å². The van der Waals surface area contributed by atoms with E-state index in [1.165, 1.54) is 0 Å². The van der Waals surface area contributed by atoms with E-state index in [9.17, 15) is 9.90 Å². The van der Waals surface area contributed by atoms with E-state index in [0.717, 1.165) is 12.8 Å². The number of unbranched alkanes of at least 4 members (excludes halogenated alkanes) is 1. The molecule has 0 aromatic heterocycles. The predicted molar refractivity (Wildman–Crippen MR) is 67.4 cm³/mol. The minimum atomic E-state index is -0.613. The Kier molecular flexibility index (Phi) is 12.2. The number of hydrogen-bond donors (Lipinski definition) is 2. The number of ether oxygens (including phenoxy) is 3. The number of aliphatic hydroxyl groups is 1. The lowest BCUT2D eigenvalue weighted by molar-refractivity contribution is -0.110. The zero-order chi connectivity index (χ0) is 12.9. The number of carbonyl (C=O) groups excluding carboxylic acids is 1. The molecule has 1 unspecified atom stereocenters. The summed E-state index contributed by atoms with van der Waals surface area (Å²) in [4.78, 5) is 10.5. The second-order valence-electron chi connectivity index (χ2n) is 3.65. The highest BCUT2D eigenvalue weighted by Gasteiger charge is 2.04. The van der Waals surface area contributed by atoms with Gasteiger partial charge in [0.25, 0.3) is 0 Å². The van der Waals surface area contributed by atoms with E-state index in [2.05, 4.69) is 12.6 Å². The molecule has 0 spiro atoms. The largest absolute Gasteiger partial charge is 0.388 e. The quantitative estimate of drug-likeness (QED) is 0.401. The van der Waals surface area contributed by atoms with E-state index >= 15 is 0 Å². The molecule has 0 rings (SSSR count). The fourth-order valence-corrected chi connectivity index (χ4v) is 1.27. The SMILES string of the molecule is COCCOCC(O)COCCCCC(=O)S. The van der Waals surface area contributed by atoms with Gasteiger partial charge in [-0.05, 0) is 12.8 Å². The Morgan fingerprint density at radius 1 is 1.18 bits per heavy atom. The molecule has 0 radical (unpaired) electrons. The van der Waals surface area contributed by atoms with Gasteiger partial charge >= 0.3 is 0 Å². The second kappa shape index (κ2) is 12.3. The summed E-state index contributed by atoms with van der Waals surface area (Å²) < 4.78 is 15.2. The first-order valence-electron chi connectivity index (χ1n) is 5.71. The fourth-order valence-electron chi connectivity index (χ4n) is 1.11. The van der Waals surface area contributed by atoms with Crippen LogP contribution in [-0.2, 0) is 19.0 Å². The summed E-state index contributed by atoms with van der Waals surface area (Å²) in [6.45, 7) is 2.03. The van der Waals surface area contributed by atoms with Crippen LogP contribution in [0, 0.1) is 0 Å². The maximum Gasteiger partial charge on any atom is 0.185 e. The highest BCUT2D eigenvalue weighted by atomic mass is 32.1. The molecule has 6 heteroatoms. The lowest BCUT2D eigenvalue weighted by Crippen LogP contribution is -2.23. The fraction of sp³-hybridized carbons (Fsp3) is 0.909. The van der Waals surface area contributed by atoms with Crippen LogP contribution in [0.1, 0.15) is 19.3 Å². The van der Waals surface area contributed by atoms with Crippen molar-refractivity contribution in [2.45, 2.75) is 25.4 Å². The van der Waals surface area contributed by atoms with E-state index < -0.39 is 6.10 Å². The van der Waals surface area contributed by atoms with Crippen LogP contribution in [0.3, 0.4) is 0 Å². The Bertz CT molecular complexity index is 189. The summed E-state index contributed by atoms with van der Waals surface area (Å²) in [6, 6.07) is 0. The van der Waals surface area contributed by atoms with Gasteiger partial charge < -0.3 is 19.3 Å². The molecule has 1 N–H and O–H groups in total. The third-order valence-electron chi connectivity index (χ3n) is 1.98. The molecular formula is C11H22O5S. The van der Waals surface area contributed by atoms with E-state index in [1.807, 2.05) is 0 Å². The van der Waals surface area contributed by atoms with Crippen LogP contribution in [0.2, 0.25) is 0 Å². The van der Waals surface area contributed by atoms with Crippen molar-refractivity contribution in [1.29, 1.82) is 0 Å². The zero-order valence-corrected chi connectivity index (χ0v) is 11.2. The van der Waals surface area contributed by atoms with Gasteiger partial charge in [0.15, 0.2) is 5.12 Å². The third-order valence-corrected chi connectivity index (χ3v) is 2.21. The first-order valence-corrected chi connectivity index (χ1v) is 6.15. The van der Waals surface area contributed by atoms with Gasteiger partial charge in [-0.25, -0.2) is 0 Å². The van der Waals surface area contributed by atoms with Gasteiger partial charge in [0.2, 0.25) is 0 Å². The molecule has 0 saturated heterocycles. The Hall–Kier alpha value is -0.140. The number of hydrogen-bond acceptors (Lipinski definition) is 5. The standard InChI is InChI=1S/C11H22O5S/c1-14-6-7-16-9-10(12)8-15-5-3-2-4-11(13)17/h10,12H,2-9H2,1H3,(H,13,17). The molecule has 0 aromatic rings. The molecule has 0 aromatic carbocycles. The molecule has 1 atom stereocenters. The minimum absolute atomic E-state index is 0.100. The molecule has 0 amide bonds. The van der Waals surface area contributed by atoms with Crippen LogP contribution in [0.5, 0.6) is 0 Å². The highest BCUT2D eigenvalue weighted by Crippen LogP contribution is 1.99. The molecule has 0 bridgehead atoms. The van der Waals surface area contributed by atoms with E-state index in [1.54, 1.807) is 7.11 Å². The number of rotatable bonds is 12. The van der Waals surface area contributed by atoms with Gasteiger partial charge in [-0.15, -0.1) is 12.6 Å². The van der Waals surface area contributed by atoms with Crippen LogP contribution in [0.25, 0.3) is 0 Å². The topological polar surface area (TPSA) is 65.0 Å². The number of thiol groups is 1. The van der Waals surface area contributed by atoms with Crippen LogP contribution in [-0.4, -0.2) is 56.5 Å². The van der Waals surface area contributed by atoms with Crippen molar-refractivity contribution in [3.8, 4) is 0 Å². The molecule has 0 heterocycles. The van der Waals surface area contributed by atoms with Crippen molar-refractivity contribution in [1.82, 2.24) is 0 Å². The molecule has 102 valence electrons. The van der Waals surface area contributed by atoms with Gasteiger partial charge in [0.05, 0.1) is 26.4 Å². The predicted octanol–water partition coefficient (Wildman–Crippen LogP) is 0.654. The molecule has 0 aliphatic carbocycles. The summed E-state index contributed by atoms with van der Waals surface area (Å²) in [5.74, 6) is 0. The van der Waals surface area contributed by atoms with E-state index in [-0.39, 0.29) is 18.3 Å². The van der Waals surface area contributed by atoms with Crippen molar-refractivity contribution in [3.05, 3.63) is 0 Å². The first kappa shape index (κ1) is 16.9. The summed E-state index contributed by atoms with van der Waals surface area (Å²) >= 11 is 3.66. The summed E-state index contributed by atoms with van der Waals surface area (Å²) in [5, 5.41) is 9.34. The Morgan fingerprint density at radius 3 is 2.41 bits per heavy atom. The van der Waals surface area contributed by atoms with Gasteiger partial charge in [0, 0.05) is 20.1 Å². The molecule has 17 heavy (non-hydrogen) atoms. The van der Waals surface area contributed by atoms with Gasteiger partial charge in [-0.3, -0.25) is 4.79 Å². The molecule has 0 fully saturated rings. The molecule has 0 saturated carbocycles. The zero-order valence-electron chi connectivity index (χ0n) is 10.3. The molecule has 5 nitrogen and oxygen atoms in total. The molecule has 0 aliphatic rings. The molecular weight excluding hydrogens is 244 g/mol. The van der Waals surface area contributed by atoms with Crippen LogP contribution >= 0.6 is 12.6 Å². The van der Waals surface area contributed by atoms with Crippen LogP contribution in [0.4, 0.5) is 0 Å². The number of methoxy groups -OCH3 is 1. The second-order valence-corrected chi connectivity index (χ2v) is 4.15. The van der Waals surface area contributed by atoms with Crippen LogP contribution in [0.15, 0.2) is 0 Å². The maximum atomic E-state index is 10.5. The summed E-state index contributed by atoms with van der Waals surface area (Å²) in [7, 11) is 1.60. The summed E-state index contributed by atoms with van der Waals surface area (Å²) in [6.07, 6.45) is 1.42. The minimum Gasteiger partial charge on any atom is -0.388 e. The van der Waals surface area contributed by atoms with Crippen LogP contribution < -0.4 is 0 Å². The van der Waals surface area contributed by atoms with Gasteiger partial charge in [-0.2, -0.15) is 0 Å². The van der Waals surface area contributed by atoms with Gasteiger partial charge in [-0.1, -0.05) is 0 Å². The van der Waals surface area contributed by atoms with E-state index in [0.29, 0.717) is 26.2 Å². The Balaban J connectivity index is 3.16. The van der Waals surface area contributed by atoms with Crippen molar-refractivity contribution in [2.24, 2.45) is 0 Å². The van der Waals surface area contributed by atoms with E-state index in [4.69, 9.17) is 14.2 Å². The van der Waals surface area contributed by atoms with Crippen molar-refractivity contribution < 1.29 is 24.1 Å². The Morgan fingerprint density at radius 2 is 1.82 bits per heavy atom.